The third-order valence-electron chi connectivity index (χ3n) is 14.9. The number of aliphatic hydroxyl groups excluding tert-OH is 4. The number of allylic oxidation sites excluding steroid dienone is 5. The predicted octanol–water partition coefficient (Wildman–Crippen LogP) is 5.76. The molecular formula is C51H83NO13. The molecule has 2 unspecified atom stereocenters. The lowest BCUT2D eigenvalue weighted by Gasteiger charge is -2.43. The zero-order valence-corrected chi connectivity index (χ0v) is 40.8. The van der Waals surface area contributed by atoms with Gasteiger partial charge in [0.25, 0.3) is 11.7 Å². The molecule has 3 aliphatic heterocycles. The van der Waals surface area contributed by atoms with Gasteiger partial charge in [0, 0.05) is 52.6 Å². The number of ether oxygens (including phenoxy) is 5. The Balaban J connectivity index is 1.70. The molecule has 0 radical (unpaired) electrons. The minimum atomic E-state index is -2.41. The van der Waals surface area contributed by atoms with Gasteiger partial charge in [-0.05, 0) is 113 Å². The van der Waals surface area contributed by atoms with Crippen molar-refractivity contribution in [1.82, 2.24) is 4.90 Å². The van der Waals surface area contributed by atoms with E-state index in [1.807, 2.05) is 58.1 Å². The van der Waals surface area contributed by atoms with Gasteiger partial charge in [-0.2, -0.15) is 0 Å². The Kier molecular flexibility index (Phi) is 21.5. The molecule has 1 amide bonds. The van der Waals surface area contributed by atoms with Gasteiger partial charge in [0.15, 0.2) is 0 Å². The number of ketones is 1. The van der Waals surface area contributed by atoms with Crippen LogP contribution in [0.15, 0.2) is 47.6 Å². The standard InChI is InChI=1S/C51H83NO13/c1-30-16-12-11-13-17-31(2)42(61-8)28-38-21-19-36(7)51(60,65-38)48(57)49(58)52-23-15-14-18-39(52)50(59)64-43(33(4)26-37-20-22-40(53)44(27-37)62-9)29-41(54)32(3)25-35(6)46(56)47(63-10)45(55)34(5)24-30/h11-13,16-17,25,30,32-34,36-47,53-56,60H,14-15,18-24,26-29H2,1-10H3/b13-11+,16-12+,31-17+,35-25+/t30-,32-,33-,34-,36-,37+,38?,39+,40-,41+,42+,43?,44-,45+,46-,47+,51-/m1/s1. The number of amides is 1. The van der Waals surface area contributed by atoms with E-state index in [-0.39, 0.29) is 49.2 Å². The number of hydrogen-bond donors (Lipinski definition) is 5. The van der Waals surface area contributed by atoms with Crippen LogP contribution in [0.1, 0.15) is 126 Å². The highest BCUT2D eigenvalue weighted by Gasteiger charge is 2.53. The number of carbonyl (C=O) groups excluding carboxylic acids is 3. The van der Waals surface area contributed by atoms with Crippen molar-refractivity contribution >= 4 is 17.7 Å². The van der Waals surface area contributed by atoms with Crippen molar-refractivity contribution in [3.8, 4) is 0 Å². The number of nitrogens with zero attached hydrogens (tertiary/aromatic N) is 1. The first-order chi connectivity index (χ1) is 30.7. The highest BCUT2D eigenvalue weighted by atomic mass is 16.6. The molecule has 4 aliphatic rings. The maximum atomic E-state index is 14.4. The van der Waals surface area contributed by atoms with Crippen LogP contribution in [0.4, 0.5) is 0 Å². The molecule has 3 heterocycles. The van der Waals surface area contributed by atoms with Gasteiger partial charge in [-0.25, -0.2) is 4.79 Å². The third kappa shape index (κ3) is 14.6. The molecule has 14 nitrogen and oxygen atoms in total. The first kappa shape index (κ1) is 54.8. The molecule has 5 N–H and O–H groups in total. The van der Waals surface area contributed by atoms with E-state index in [1.165, 1.54) is 12.0 Å². The number of carbonyl (C=O) groups is 3. The number of methoxy groups -OCH3 is 3. The minimum Gasteiger partial charge on any atom is -0.460 e. The molecule has 0 aromatic heterocycles. The fourth-order valence-electron chi connectivity index (χ4n) is 10.4. The van der Waals surface area contributed by atoms with Crippen LogP contribution in [-0.2, 0) is 38.1 Å². The van der Waals surface area contributed by atoms with Gasteiger partial charge in [-0.15, -0.1) is 0 Å². The summed E-state index contributed by atoms with van der Waals surface area (Å²) in [7, 11) is 4.63. The molecule has 4 rings (SSSR count). The third-order valence-corrected chi connectivity index (χ3v) is 14.9. The second kappa shape index (κ2) is 25.5. The number of hydrogen-bond acceptors (Lipinski definition) is 13. The summed E-state index contributed by atoms with van der Waals surface area (Å²) in [5.41, 5.74) is 1.41. The first-order valence-corrected chi connectivity index (χ1v) is 24.2. The molecule has 3 fully saturated rings. The summed E-state index contributed by atoms with van der Waals surface area (Å²) in [5, 5.41) is 57.2. The summed E-state index contributed by atoms with van der Waals surface area (Å²) in [6.45, 7) is 13.2. The lowest BCUT2D eigenvalue weighted by Crippen LogP contribution is -2.61. The number of fused-ring (bicyclic) bond motifs is 3. The molecule has 14 heteroatoms. The van der Waals surface area contributed by atoms with E-state index in [4.69, 9.17) is 23.7 Å². The number of piperidine rings is 1. The molecule has 0 aromatic carbocycles. The molecular weight excluding hydrogens is 835 g/mol. The van der Waals surface area contributed by atoms with Crippen LogP contribution < -0.4 is 0 Å². The van der Waals surface area contributed by atoms with Gasteiger partial charge >= 0.3 is 5.97 Å². The van der Waals surface area contributed by atoms with Gasteiger partial charge in [-0.1, -0.05) is 71.1 Å². The number of cyclic esters (lactones) is 1. The Morgan fingerprint density at radius 3 is 2.22 bits per heavy atom. The van der Waals surface area contributed by atoms with Crippen LogP contribution in [0.2, 0.25) is 0 Å². The Labute approximate surface area is 388 Å². The van der Waals surface area contributed by atoms with E-state index in [0.29, 0.717) is 63.4 Å². The number of aliphatic hydroxyl groups is 5. The van der Waals surface area contributed by atoms with E-state index in [0.717, 1.165) is 12.0 Å². The second-order valence-electron chi connectivity index (χ2n) is 20.0. The van der Waals surface area contributed by atoms with Crippen LogP contribution in [0.3, 0.4) is 0 Å². The first-order valence-electron chi connectivity index (χ1n) is 24.2. The topological polar surface area (TPSA) is 202 Å². The average molecular weight is 918 g/mol. The predicted molar refractivity (Wildman–Crippen MR) is 247 cm³/mol. The zero-order valence-electron chi connectivity index (χ0n) is 40.8. The average Bonchev–Trinajstić information content (AvgIpc) is 3.28. The molecule has 0 spiro atoms. The molecule has 65 heavy (non-hydrogen) atoms. The van der Waals surface area contributed by atoms with Gasteiger partial charge in [0.2, 0.25) is 5.79 Å². The Hall–Kier alpha value is -2.79. The highest BCUT2D eigenvalue weighted by molar-refractivity contribution is 6.39. The van der Waals surface area contributed by atoms with Crippen LogP contribution >= 0.6 is 0 Å². The van der Waals surface area contributed by atoms with E-state index in [1.54, 1.807) is 34.1 Å². The van der Waals surface area contributed by atoms with Crippen molar-refractivity contribution in [3.63, 3.8) is 0 Å². The number of Topliss-reactive ketones (excluding diaryl/α,β-unsaturated/α-hetero) is 1. The normalized spacial score (nSPS) is 42.7. The van der Waals surface area contributed by atoms with Gasteiger partial charge in [0.1, 0.15) is 24.4 Å². The molecule has 1 aliphatic carbocycles. The second-order valence-corrected chi connectivity index (χ2v) is 20.0. The van der Waals surface area contributed by atoms with E-state index < -0.39 is 90.2 Å². The van der Waals surface area contributed by atoms with Gasteiger partial charge in [0.05, 0.1) is 36.6 Å². The Bertz CT molecular complexity index is 1660. The fourth-order valence-corrected chi connectivity index (χ4v) is 10.4. The maximum absolute atomic E-state index is 14.4. The lowest BCUT2D eigenvalue weighted by atomic mass is 9.78. The van der Waals surface area contributed by atoms with Crippen molar-refractivity contribution in [2.75, 3.05) is 27.9 Å². The number of rotatable bonds is 6. The molecule has 0 aromatic rings. The van der Waals surface area contributed by atoms with Crippen LogP contribution in [-0.4, -0.2) is 143 Å². The van der Waals surface area contributed by atoms with Crippen LogP contribution in [0, 0.1) is 35.5 Å². The van der Waals surface area contributed by atoms with Crippen molar-refractivity contribution in [2.24, 2.45) is 35.5 Å². The van der Waals surface area contributed by atoms with Gasteiger partial charge in [-0.3, -0.25) is 9.59 Å². The summed E-state index contributed by atoms with van der Waals surface area (Å²) in [5.74, 6) is -6.69. The Morgan fingerprint density at radius 2 is 1.54 bits per heavy atom. The minimum absolute atomic E-state index is 0.0359. The molecule has 1 saturated carbocycles. The summed E-state index contributed by atoms with van der Waals surface area (Å²) < 4.78 is 29.6. The van der Waals surface area contributed by atoms with Crippen LogP contribution in [0.5, 0.6) is 0 Å². The smallest absolute Gasteiger partial charge is 0.329 e. The van der Waals surface area contributed by atoms with Crippen LogP contribution in [0.25, 0.3) is 0 Å². The lowest BCUT2D eigenvalue weighted by molar-refractivity contribution is -0.265. The molecule has 370 valence electrons. The summed E-state index contributed by atoms with van der Waals surface area (Å²) in [4.78, 5) is 44.1. The summed E-state index contributed by atoms with van der Waals surface area (Å²) in [6, 6.07) is -1.10. The maximum Gasteiger partial charge on any atom is 0.329 e. The van der Waals surface area contributed by atoms with E-state index >= 15 is 0 Å². The monoisotopic (exact) mass is 918 g/mol. The largest absolute Gasteiger partial charge is 0.460 e. The van der Waals surface area contributed by atoms with Crippen molar-refractivity contribution < 1.29 is 63.6 Å². The molecule has 2 saturated heterocycles. The fraction of sp³-hybridized carbons (Fsp3) is 0.784. The quantitative estimate of drug-likeness (QED) is 0.122. The molecule has 2 bridgehead atoms. The zero-order chi connectivity index (χ0) is 48.2. The van der Waals surface area contributed by atoms with Crippen molar-refractivity contribution in [2.45, 2.75) is 192 Å². The van der Waals surface area contributed by atoms with E-state index in [2.05, 4.69) is 6.92 Å². The highest BCUT2D eigenvalue weighted by Crippen LogP contribution is 2.38. The van der Waals surface area contributed by atoms with Crippen molar-refractivity contribution in [3.05, 3.63) is 47.6 Å². The SMILES string of the molecule is CO[C@H]1[C@@H](O)[C@H](C)C[C@H](C)/C=C/C=C/C=C(\C)[C@@H](OC)CC2CC[C@@H](C)[C@@](O)(O2)C(=O)C(=O)N2CCCC[C@H]2C(=O)OC([C@H](C)C[C@@H]2CC[C@@H](O)[C@H](OC)C2)C[C@H](O)[C@H](C)/C=C(\C)[C@H]1O. The Morgan fingerprint density at radius 1 is 0.815 bits per heavy atom. The van der Waals surface area contributed by atoms with E-state index in [9.17, 15) is 39.9 Å². The summed E-state index contributed by atoms with van der Waals surface area (Å²) in [6.07, 6.45) is 10.6. The van der Waals surface area contributed by atoms with Gasteiger partial charge < -0.3 is 54.1 Å². The summed E-state index contributed by atoms with van der Waals surface area (Å²) >= 11 is 0. The molecule has 17 atom stereocenters. The number of esters is 1. The van der Waals surface area contributed by atoms with Crippen molar-refractivity contribution in [1.29, 1.82) is 0 Å².